The van der Waals surface area contributed by atoms with E-state index in [0.717, 1.165) is 6.07 Å². The molecule has 0 saturated heterocycles. The number of carboxylic acids is 1. The zero-order valence-corrected chi connectivity index (χ0v) is 8.58. The van der Waals surface area contributed by atoms with Crippen molar-refractivity contribution in [2.24, 2.45) is 0 Å². The number of carbonyl (C=O) groups is 1. The van der Waals surface area contributed by atoms with Gasteiger partial charge in [0, 0.05) is 0 Å². The number of hydrogen-bond donors (Lipinski definition) is 1. The maximum absolute atomic E-state index is 13.0. The standard InChI is InChI=1S/C11H11F3O2/c1-6-2-7(4-8(12)3-6)9(11(13)14)5-10(15)16/h2-4,9,11H,5H2,1H3,(H,15,16). The monoisotopic (exact) mass is 232 g/mol. The summed E-state index contributed by atoms with van der Waals surface area (Å²) in [6.45, 7) is 1.57. The summed E-state index contributed by atoms with van der Waals surface area (Å²) in [4.78, 5) is 10.4. The van der Waals surface area contributed by atoms with E-state index in [1.165, 1.54) is 12.1 Å². The Morgan fingerprint density at radius 3 is 2.44 bits per heavy atom. The number of halogens is 3. The first-order valence-electron chi connectivity index (χ1n) is 4.67. The van der Waals surface area contributed by atoms with Crippen molar-refractivity contribution in [3.8, 4) is 0 Å². The van der Waals surface area contributed by atoms with Crippen LogP contribution in [0.2, 0.25) is 0 Å². The number of rotatable bonds is 4. The molecule has 0 saturated carbocycles. The van der Waals surface area contributed by atoms with Crippen LogP contribution in [0.4, 0.5) is 13.2 Å². The van der Waals surface area contributed by atoms with Crippen LogP contribution < -0.4 is 0 Å². The van der Waals surface area contributed by atoms with Crippen LogP contribution in [-0.4, -0.2) is 17.5 Å². The van der Waals surface area contributed by atoms with Crippen LogP contribution in [0, 0.1) is 12.7 Å². The van der Waals surface area contributed by atoms with Crippen LogP contribution in [0.3, 0.4) is 0 Å². The minimum atomic E-state index is -2.82. The predicted octanol–water partition coefficient (Wildman–Crippen LogP) is 2.96. The lowest BCUT2D eigenvalue weighted by Crippen LogP contribution is -2.14. The number of hydrogen-bond acceptors (Lipinski definition) is 1. The van der Waals surface area contributed by atoms with Crippen molar-refractivity contribution >= 4 is 5.97 Å². The van der Waals surface area contributed by atoms with E-state index in [1.807, 2.05) is 0 Å². The van der Waals surface area contributed by atoms with Gasteiger partial charge in [0.1, 0.15) is 5.82 Å². The minimum Gasteiger partial charge on any atom is -0.481 e. The maximum atomic E-state index is 13.0. The number of aryl methyl sites for hydroxylation is 1. The minimum absolute atomic E-state index is 0.0231. The normalized spacial score (nSPS) is 12.8. The van der Waals surface area contributed by atoms with Gasteiger partial charge in [0.2, 0.25) is 6.43 Å². The molecule has 0 radical (unpaired) electrons. The number of aliphatic carboxylic acids is 1. The second-order valence-electron chi connectivity index (χ2n) is 3.60. The van der Waals surface area contributed by atoms with Crippen molar-refractivity contribution in [2.45, 2.75) is 25.7 Å². The third kappa shape index (κ3) is 3.25. The molecule has 1 rings (SSSR count). The quantitative estimate of drug-likeness (QED) is 0.866. The molecule has 16 heavy (non-hydrogen) atoms. The molecule has 1 aromatic carbocycles. The third-order valence-electron chi connectivity index (χ3n) is 2.19. The SMILES string of the molecule is Cc1cc(F)cc(C(CC(=O)O)C(F)F)c1. The molecule has 5 heteroatoms. The molecule has 1 aromatic rings. The molecule has 2 nitrogen and oxygen atoms in total. The highest BCUT2D eigenvalue weighted by Crippen LogP contribution is 2.28. The number of carboxylic acid groups (broad SMARTS) is 1. The summed E-state index contributed by atoms with van der Waals surface area (Å²) in [6, 6.07) is 3.53. The fourth-order valence-corrected chi connectivity index (χ4v) is 1.52. The van der Waals surface area contributed by atoms with E-state index < -0.39 is 30.6 Å². The van der Waals surface area contributed by atoms with Crippen LogP contribution in [-0.2, 0) is 4.79 Å². The molecular formula is C11H11F3O2. The lowest BCUT2D eigenvalue weighted by molar-refractivity contribution is -0.138. The Hall–Kier alpha value is -1.52. The predicted molar refractivity (Wildman–Crippen MR) is 52.1 cm³/mol. The lowest BCUT2D eigenvalue weighted by atomic mass is 9.95. The summed E-state index contributed by atoms with van der Waals surface area (Å²) in [5, 5.41) is 8.51. The molecular weight excluding hydrogens is 221 g/mol. The van der Waals surface area contributed by atoms with Gasteiger partial charge in [0.15, 0.2) is 0 Å². The van der Waals surface area contributed by atoms with Crippen LogP contribution in [0.25, 0.3) is 0 Å². The molecule has 0 aromatic heterocycles. The molecule has 1 N–H and O–H groups in total. The molecule has 1 atom stereocenters. The van der Waals surface area contributed by atoms with Crippen LogP contribution in [0.5, 0.6) is 0 Å². The summed E-state index contributed by atoms with van der Waals surface area (Å²) < 4.78 is 38.2. The average Bonchev–Trinajstić information content (AvgIpc) is 2.11. The van der Waals surface area contributed by atoms with E-state index in [4.69, 9.17) is 5.11 Å². The van der Waals surface area contributed by atoms with E-state index >= 15 is 0 Å². The molecule has 0 aliphatic heterocycles. The highest BCUT2D eigenvalue weighted by Gasteiger charge is 2.25. The fraction of sp³-hybridized carbons (Fsp3) is 0.364. The van der Waals surface area contributed by atoms with Crippen molar-refractivity contribution in [3.05, 3.63) is 35.1 Å². The van der Waals surface area contributed by atoms with Crippen LogP contribution in [0.15, 0.2) is 18.2 Å². The highest BCUT2D eigenvalue weighted by molar-refractivity contribution is 5.68. The largest absolute Gasteiger partial charge is 0.481 e. The second-order valence-corrected chi connectivity index (χ2v) is 3.60. The van der Waals surface area contributed by atoms with E-state index in [2.05, 4.69) is 0 Å². The van der Waals surface area contributed by atoms with Crippen molar-refractivity contribution in [1.82, 2.24) is 0 Å². The third-order valence-corrected chi connectivity index (χ3v) is 2.19. The average molecular weight is 232 g/mol. The first-order valence-corrected chi connectivity index (χ1v) is 4.67. The van der Waals surface area contributed by atoms with Crippen LogP contribution in [0.1, 0.15) is 23.5 Å². The van der Waals surface area contributed by atoms with E-state index in [-0.39, 0.29) is 5.56 Å². The fourth-order valence-electron chi connectivity index (χ4n) is 1.52. The molecule has 0 aliphatic carbocycles. The Bertz CT molecular complexity index is 371. The Morgan fingerprint density at radius 2 is 2.00 bits per heavy atom. The van der Waals surface area contributed by atoms with Crippen molar-refractivity contribution in [1.29, 1.82) is 0 Å². The molecule has 0 heterocycles. The summed E-state index contributed by atoms with van der Waals surface area (Å²) in [6.07, 6.45) is -3.53. The van der Waals surface area contributed by atoms with Gasteiger partial charge in [-0.15, -0.1) is 0 Å². The zero-order valence-electron chi connectivity index (χ0n) is 8.58. The first-order chi connectivity index (χ1) is 7.40. The van der Waals surface area contributed by atoms with E-state index in [1.54, 1.807) is 6.92 Å². The van der Waals surface area contributed by atoms with Crippen LogP contribution >= 0.6 is 0 Å². The number of benzene rings is 1. The Kier molecular flexibility index (Phi) is 3.93. The van der Waals surface area contributed by atoms with Gasteiger partial charge in [0.05, 0.1) is 12.3 Å². The Balaban J connectivity index is 3.05. The molecule has 0 aliphatic rings. The van der Waals surface area contributed by atoms with Crippen molar-refractivity contribution in [2.75, 3.05) is 0 Å². The first kappa shape index (κ1) is 12.5. The smallest absolute Gasteiger partial charge is 0.304 e. The van der Waals surface area contributed by atoms with Gasteiger partial charge in [-0.25, -0.2) is 13.2 Å². The van der Waals surface area contributed by atoms with Gasteiger partial charge in [-0.2, -0.15) is 0 Å². The molecule has 1 unspecified atom stereocenters. The highest BCUT2D eigenvalue weighted by atomic mass is 19.3. The van der Waals surface area contributed by atoms with Gasteiger partial charge >= 0.3 is 5.97 Å². The molecule has 0 amide bonds. The molecule has 0 spiro atoms. The van der Waals surface area contributed by atoms with E-state index in [9.17, 15) is 18.0 Å². The van der Waals surface area contributed by atoms with Gasteiger partial charge in [0.25, 0.3) is 0 Å². The molecule has 0 fully saturated rings. The Labute approximate surface area is 90.7 Å². The summed E-state index contributed by atoms with van der Waals surface area (Å²) in [7, 11) is 0. The zero-order chi connectivity index (χ0) is 12.3. The maximum Gasteiger partial charge on any atom is 0.304 e. The number of alkyl halides is 2. The van der Waals surface area contributed by atoms with Gasteiger partial charge in [-0.3, -0.25) is 4.79 Å². The topological polar surface area (TPSA) is 37.3 Å². The second kappa shape index (κ2) is 5.01. The van der Waals surface area contributed by atoms with Crippen molar-refractivity contribution in [3.63, 3.8) is 0 Å². The van der Waals surface area contributed by atoms with Crippen molar-refractivity contribution < 1.29 is 23.1 Å². The lowest BCUT2D eigenvalue weighted by Gasteiger charge is -2.14. The summed E-state index contributed by atoms with van der Waals surface area (Å²) >= 11 is 0. The molecule has 0 bridgehead atoms. The Morgan fingerprint density at radius 1 is 1.38 bits per heavy atom. The van der Waals surface area contributed by atoms with E-state index in [0.29, 0.717) is 5.56 Å². The van der Waals surface area contributed by atoms with Gasteiger partial charge in [-0.05, 0) is 30.2 Å². The van der Waals surface area contributed by atoms with Gasteiger partial charge < -0.3 is 5.11 Å². The summed E-state index contributed by atoms with van der Waals surface area (Å²) in [5.74, 6) is -3.43. The van der Waals surface area contributed by atoms with Gasteiger partial charge in [-0.1, -0.05) is 6.07 Å². The molecule has 88 valence electrons. The summed E-state index contributed by atoms with van der Waals surface area (Å²) in [5.41, 5.74) is 0.515.